The summed E-state index contributed by atoms with van der Waals surface area (Å²) < 4.78 is 11.3. The quantitative estimate of drug-likeness (QED) is 0.206. The van der Waals surface area contributed by atoms with Gasteiger partial charge in [-0.25, -0.2) is 4.79 Å². The zero-order valence-electron chi connectivity index (χ0n) is 31.8. The van der Waals surface area contributed by atoms with Crippen molar-refractivity contribution in [2.45, 2.75) is 97.1 Å². The van der Waals surface area contributed by atoms with Crippen molar-refractivity contribution in [3.8, 4) is 5.75 Å². The Labute approximate surface area is 307 Å². The van der Waals surface area contributed by atoms with Gasteiger partial charge in [0.05, 0.1) is 6.54 Å². The Morgan fingerprint density at radius 3 is 1.98 bits per heavy atom. The lowest BCUT2D eigenvalue weighted by molar-refractivity contribution is -0.143. The highest BCUT2D eigenvalue weighted by Gasteiger charge is 2.31. The number of carbonyl (C=O) groups excluding carboxylic acids is 5. The molecule has 0 fully saturated rings. The van der Waals surface area contributed by atoms with Crippen molar-refractivity contribution in [3.05, 3.63) is 65.7 Å². The number of thioether (sulfide) groups is 1. The van der Waals surface area contributed by atoms with Crippen LogP contribution in [0.1, 0.15) is 66.0 Å². The number of nitrogens with one attached hydrogen (secondary N) is 3. The number of amides is 5. The summed E-state index contributed by atoms with van der Waals surface area (Å²) in [6, 6.07) is 13.7. The molecule has 0 bridgehead atoms. The van der Waals surface area contributed by atoms with Gasteiger partial charge in [-0.15, -0.1) is 0 Å². The molecule has 0 aliphatic rings. The molecule has 5 amide bonds. The molecule has 0 aliphatic carbocycles. The standard InChI is InChI=1S/C38H57N5O7S/c1-26(40-34(46)30(41-36(48)50-38(5,6)7)23-28-17-19-29(20-18-28)49-37(2,3)4)33(45)39-25-32(44)43(9)31(24-27-15-12-11-13-16-27)35(47)42(8)21-14-22-51-10/h11-13,15-20,26,30-31H,14,21-25H2,1-10H3,(H,39,45)(H,40,46)(H,41,48)/t26-,30+,31+/m1/s1. The van der Waals surface area contributed by atoms with Crippen LogP contribution >= 0.6 is 11.8 Å². The molecule has 0 saturated carbocycles. The van der Waals surface area contributed by atoms with E-state index in [0.717, 1.165) is 23.3 Å². The third-order valence-electron chi connectivity index (χ3n) is 7.60. The summed E-state index contributed by atoms with van der Waals surface area (Å²) in [7, 11) is 3.28. The number of alkyl carbamates (subject to hydrolysis) is 1. The lowest BCUT2D eigenvalue weighted by Gasteiger charge is -2.31. The molecular weight excluding hydrogens is 671 g/mol. The van der Waals surface area contributed by atoms with Gasteiger partial charge in [0.2, 0.25) is 23.6 Å². The smallest absolute Gasteiger partial charge is 0.408 e. The number of ether oxygens (including phenoxy) is 2. The number of nitrogens with zero attached hydrogens (tertiary/aromatic N) is 2. The molecule has 0 aromatic heterocycles. The summed E-state index contributed by atoms with van der Waals surface area (Å²) in [5.41, 5.74) is 0.465. The maximum atomic E-state index is 13.5. The van der Waals surface area contributed by atoms with E-state index in [1.165, 1.54) is 11.8 Å². The summed E-state index contributed by atoms with van der Waals surface area (Å²) in [6.07, 6.45) is 2.48. The van der Waals surface area contributed by atoms with Crippen LogP contribution in [-0.2, 0) is 36.8 Å². The van der Waals surface area contributed by atoms with Crippen molar-refractivity contribution in [3.63, 3.8) is 0 Å². The van der Waals surface area contributed by atoms with Crippen LogP contribution in [0.4, 0.5) is 4.79 Å². The Balaban J connectivity index is 2.10. The second-order valence-corrected chi connectivity index (χ2v) is 15.5. The Morgan fingerprint density at radius 1 is 0.804 bits per heavy atom. The number of benzene rings is 2. The average molecular weight is 728 g/mol. The van der Waals surface area contributed by atoms with Gasteiger partial charge in [0, 0.05) is 33.5 Å². The molecule has 0 heterocycles. The fourth-order valence-corrected chi connectivity index (χ4v) is 5.39. The molecule has 12 nitrogen and oxygen atoms in total. The molecule has 0 spiro atoms. The number of hydrogen-bond donors (Lipinski definition) is 3. The fourth-order valence-electron chi connectivity index (χ4n) is 4.97. The van der Waals surface area contributed by atoms with E-state index in [-0.39, 0.29) is 24.5 Å². The zero-order valence-corrected chi connectivity index (χ0v) is 32.6. The second kappa shape index (κ2) is 20.0. The molecule has 2 aromatic carbocycles. The van der Waals surface area contributed by atoms with E-state index in [1.807, 2.05) is 57.4 Å². The van der Waals surface area contributed by atoms with Crippen LogP contribution in [-0.4, -0.2) is 108 Å². The van der Waals surface area contributed by atoms with E-state index < -0.39 is 47.5 Å². The molecule has 0 radical (unpaired) electrons. The van der Waals surface area contributed by atoms with Gasteiger partial charge in [0.1, 0.15) is 35.1 Å². The fraction of sp³-hybridized carbons (Fsp3) is 0.553. The van der Waals surface area contributed by atoms with Gasteiger partial charge in [-0.2, -0.15) is 11.8 Å². The molecule has 3 N–H and O–H groups in total. The molecule has 13 heteroatoms. The number of likely N-dealkylation sites (N-methyl/N-ethyl adjacent to an activating group) is 2. The third kappa shape index (κ3) is 16.1. The molecular formula is C38H57N5O7S. The molecule has 3 atom stereocenters. The second-order valence-electron chi connectivity index (χ2n) is 14.5. The highest BCUT2D eigenvalue weighted by Crippen LogP contribution is 2.19. The van der Waals surface area contributed by atoms with Crippen LogP contribution in [0.3, 0.4) is 0 Å². The van der Waals surface area contributed by atoms with Crippen molar-refractivity contribution < 1.29 is 33.4 Å². The SMILES string of the molecule is CSCCCN(C)C(=O)[C@H](Cc1ccccc1)N(C)C(=O)CNC(=O)[C@@H](C)NC(=O)[C@H](Cc1ccc(OC(C)(C)C)cc1)NC(=O)OC(C)(C)C. The number of hydrogen-bond acceptors (Lipinski definition) is 8. The molecule has 2 aromatic rings. The van der Waals surface area contributed by atoms with Gasteiger partial charge >= 0.3 is 6.09 Å². The Bertz CT molecular complexity index is 1440. The van der Waals surface area contributed by atoms with E-state index in [2.05, 4.69) is 16.0 Å². The van der Waals surface area contributed by atoms with E-state index in [0.29, 0.717) is 18.7 Å². The minimum Gasteiger partial charge on any atom is -0.488 e. The lowest BCUT2D eigenvalue weighted by Crippen LogP contribution is -2.55. The summed E-state index contributed by atoms with van der Waals surface area (Å²) in [5.74, 6) is -0.300. The van der Waals surface area contributed by atoms with Crippen LogP contribution < -0.4 is 20.7 Å². The first-order valence-electron chi connectivity index (χ1n) is 17.2. The van der Waals surface area contributed by atoms with E-state index >= 15 is 0 Å². The summed E-state index contributed by atoms with van der Waals surface area (Å²) in [5, 5.41) is 7.85. The molecule has 0 saturated heterocycles. The summed E-state index contributed by atoms with van der Waals surface area (Å²) in [4.78, 5) is 69.1. The normalized spacial score (nSPS) is 13.2. The highest BCUT2D eigenvalue weighted by atomic mass is 32.2. The molecule has 51 heavy (non-hydrogen) atoms. The van der Waals surface area contributed by atoms with Crippen LogP contribution in [0.2, 0.25) is 0 Å². The van der Waals surface area contributed by atoms with Crippen molar-refractivity contribution in [2.75, 3.05) is 39.2 Å². The molecule has 2 rings (SSSR count). The summed E-state index contributed by atoms with van der Waals surface area (Å²) >= 11 is 1.70. The van der Waals surface area contributed by atoms with Crippen molar-refractivity contribution in [2.24, 2.45) is 0 Å². The van der Waals surface area contributed by atoms with Crippen LogP contribution in [0, 0.1) is 0 Å². The van der Waals surface area contributed by atoms with Crippen LogP contribution in [0.15, 0.2) is 54.6 Å². The predicted octanol–water partition coefficient (Wildman–Crippen LogP) is 4.20. The Hall–Kier alpha value is -4.26. The van der Waals surface area contributed by atoms with Crippen molar-refractivity contribution in [1.29, 1.82) is 0 Å². The minimum atomic E-state index is -1.07. The Kier molecular flexibility index (Phi) is 16.8. The zero-order chi connectivity index (χ0) is 38.4. The van der Waals surface area contributed by atoms with Gasteiger partial charge < -0.3 is 35.2 Å². The number of carbonyl (C=O) groups is 5. The van der Waals surface area contributed by atoms with Crippen molar-refractivity contribution >= 4 is 41.5 Å². The molecule has 0 unspecified atom stereocenters. The maximum Gasteiger partial charge on any atom is 0.408 e. The lowest BCUT2D eigenvalue weighted by atomic mass is 10.0. The van der Waals surface area contributed by atoms with Gasteiger partial charge in [-0.05, 0) is 90.2 Å². The topological polar surface area (TPSA) is 146 Å². The van der Waals surface area contributed by atoms with Crippen LogP contribution in [0.25, 0.3) is 0 Å². The van der Waals surface area contributed by atoms with Gasteiger partial charge in [0.15, 0.2) is 0 Å². The third-order valence-corrected chi connectivity index (χ3v) is 8.29. The Morgan fingerprint density at radius 2 is 1.41 bits per heavy atom. The van der Waals surface area contributed by atoms with Gasteiger partial charge in [-0.3, -0.25) is 19.2 Å². The largest absolute Gasteiger partial charge is 0.488 e. The van der Waals surface area contributed by atoms with Crippen LogP contribution in [0.5, 0.6) is 5.75 Å². The highest BCUT2D eigenvalue weighted by molar-refractivity contribution is 7.98. The van der Waals surface area contributed by atoms with Gasteiger partial charge in [-0.1, -0.05) is 42.5 Å². The first-order chi connectivity index (χ1) is 23.8. The van der Waals surface area contributed by atoms with E-state index in [4.69, 9.17) is 9.47 Å². The van der Waals surface area contributed by atoms with E-state index in [9.17, 15) is 24.0 Å². The van der Waals surface area contributed by atoms with E-state index in [1.54, 1.807) is 75.8 Å². The monoisotopic (exact) mass is 727 g/mol. The number of rotatable bonds is 17. The maximum absolute atomic E-state index is 13.5. The first kappa shape index (κ1) is 42.9. The first-order valence-corrected chi connectivity index (χ1v) is 18.6. The molecule has 0 aliphatic heterocycles. The minimum absolute atomic E-state index is 0.112. The molecule has 282 valence electrons. The predicted molar refractivity (Wildman–Crippen MR) is 202 cm³/mol. The van der Waals surface area contributed by atoms with Gasteiger partial charge in [0.25, 0.3) is 0 Å². The summed E-state index contributed by atoms with van der Waals surface area (Å²) in [6.45, 7) is 12.6. The average Bonchev–Trinajstić information content (AvgIpc) is 3.04. The van der Waals surface area contributed by atoms with Crippen molar-refractivity contribution in [1.82, 2.24) is 25.8 Å².